The number of anilines is 1. The average Bonchev–Trinajstić information content (AvgIpc) is 3.29. The van der Waals surface area contributed by atoms with Crippen LogP contribution in [-0.2, 0) is 11.3 Å². The Morgan fingerprint density at radius 2 is 2.10 bits per heavy atom. The van der Waals surface area contributed by atoms with Gasteiger partial charge in [0.1, 0.15) is 0 Å². The Morgan fingerprint density at radius 1 is 1.33 bits per heavy atom. The molecule has 1 fully saturated rings. The number of para-hydroxylation sites is 1. The third-order valence-electron chi connectivity index (χ3n) is 3.92. The zero-order chi connectivity index (χ0) is 15.1. The van der Waals surface area contributed by atoms with E-state index in [0.717, 1.165) is 43.2 Å². The van der Waals surface area contributed by atoms with Crippen molar-refractivity contribution in [2.45, 2.75) is 39.2 Å². The zero-order valence-corrected chi connectivity index (χ0v) is 13.0. The number of carbonyl (C=O) groups is 1. The SMILES string of the molecule is CCCN(CCC(=O)Nc1ccccc1CN)CC1CC1. The van der Waals surface area contributed by atoms with E-state index in [-0.39, 0.29) is 5.91 Å². The van der Waals surface area contributed by atoms with Crippen molar-refractivity contribution in [3.8, 4) is 0 Å². The van der Waals surface area contributed by atoms with Crippen LogP contribution in [0.25, 0.3) is 0 Å². The second-order valence-corrected chi connectivity index (χ2v) is 5.90. The van der Waals surface area contributed by atoms with Crippen molar-refractivity contribution in [3.05, 3.63) is 29.8 Å². The van der Waals surface area contributed by atoms with Gasteiger partial charge in [0, 0.05) is 31.7 Å². The maximum Gasteiger partial charge on any atom is 0.225 e. The van der Waals surface area contributed by atoms with Crippen molar-refractivity contribution >= 4 is 11.6 Å². The number of carbonyl (C=O) groups excluding carboxylic acids is 1. The van der Waals surface area contributed by atoms with Crippen LogP contribution in [-0.4, -0.2) is 30.4 Å². The van der Waals surface area contributed by atoms with Gasteiger partial charge in [-0.1, -0.05) is 25.1 Å². The fraction of sp³-hybridized carbons (Fsp3) is 0.588. The first-order chi connectivity index (χ1) is 10.2. The van der Waals surface area contributed by atoms with Crippen LogP contribution in [0.5, 0.6) is 0 Å². The van der Waals surface area contributed by atoms with E-state index in [1.54, 1.807) is 0 Å². The third kappa shape index (κ3) is 5.48. The summed E-state index contributed by atoms with van der Waals surface area (Å²) in [7, 11) is 0. The van der Waals surface area contributed by atoms with Crippen LogP contribution in [0.15, 0.2) is 24.3 Å². The molecule has 2 rings (SSSR count). The monoisotopic (exact) mass is 289 g/mol. The molecule has 1 aliphatic carbocycles. The number of hydrogen-bond donors (Lipinski definition) is 2. The van der Waals surface area contributed by atoms with Crippen LogP contribution < -0.4 is 11.1 Å². The molecular formula is C17H27N3O. The predicted octanol–water partition coefficient (Wildman–Crippen LogP) is 2.60. The van der Waals surface area contributed by atoms with E-state index in [9.17, 15) is 4.79 Å². The first-order valence-corrected chi connectivity index (χ1v) is 8.03. The molecule has 0 bridgehead atoms. The Morgan fingerprint density at radius 3 is 2.76 bits per heavy atom. The topological polar surface area (TPSA) is 58.4 Å². The summed E-state index contributed by atoms with van der Waals surface area (Å²) in [4.78, 5) is 14.5. The van der Waals surface area contributed by atoms with Gasteiger partial charge in [-0.15, -0.1) is 0 Å². The molecule has 4 heteroatoms. The van der Waals surface area contributed by atoms with E-state index in [0.29, 0.717) is 13.0 Å². The molecule has 116 valence electrons. The number of nitrogens with one attached hydrogen (secondary N) is 1. The lowest BCUT2D eigenvalue weighted by Crippen LogP contribution is -2.30. The van der Waals surface area contributed by atoms with Crippen molar-refractivity contribution in [3.63, 3.8) is 0 Å². The van der Waals surface area contributed by atoms with Crippen LogP contribution in [0.1, 0.15) is 38.2 Å². The van der Waals surface area contributed by atoms with Crippen molar-refractivity contribution < 1.29 is 4.79 Å². The minimum atomic E-state index is 0.0767. The lowest BCUT2D eigenvalue weighted by molar-refractivity contribution is -0.116. The Hall–Kier alpha value is -1.39. The van der Waals surface area contributed by atoms with E-state index < -0.39 is 0 Å². The molecule has 0 saturated heterocycles. The van der Waals surface area contributed by atoms with Crippen LogP contribution >= 0.6 is 0 Å². The molecule has 1 aromatic rings. The van der Waals surface area contributed by atoms with Gasteiger partial charge >= 0.3 is 0 Å². The molecule has 1 saturated carbocycles. The molecule has 0 spiro atoms. The molecule has 0 radical (unpaired) electrons. The molecule has 4 nitrogen and oxygen atoms in total. The number of nitrogens with zero attached hydrogens (tertiary/aromatic N) is 1. The van der Waals surface area contributed by atoms with Gasteiger partial charge in [-0.3, -0.25) is 4.79 Å². The fourth-order valence-electron chi connectivity index (χ4n) is 2.57. The summed E-state index contributed by atoms with van der Waals surface area (Å²) >= 11 is 0. The number of hydrogen-bond acceptors (Lipinski definition) is 3. The highest BCUT2D eigenvalue weighted by atomic mass is 16.1. The maximum absolute atomic E-state index is 12.1. The smallest absolute Gasteiger partial charge is 0.225 e. The fourth-order valence-corrected chi connectivity index (χ4v) is 2.57. The predicted molar refractivity (Wildman–Crippen MR) is 87.0 cm³/mol. The van der Waals surface area contributed by atoms with E-state index >= 15 is 0 Å². The van der Waals surface area contributed by atoms with Gasteiger partial charge in [0.05, 0.1) is 0 Å². The highest BCUT2D eigenvalue weighted by molar-refractivity contribution is 5.91. The van der Waals surface area contributed by atoms with Gasteiger partial charge in [0.2, 0.25) is 5.91 Å². The lowest BCUT2D eigenvalue weighted by Gasteiger charge is -2.21. The number of amides is 1. The van der Waals surface area contributed by atoms with Crippen molar-refractivity contribution in [2.24, 2.45) is 11.7 Å². The summed E-state index contributed by atoms with van der Waals surface area (Å²) in [5, 5.41) is 2.98. The number of nitrogens with two attached hydrogens (primary N) is 1. The molecule has 0 atom stereocenters. The molecule has 1 amide bonds. The van der Waals surface area contributed by atoms with Gasteiger partial charge in [-0.05, 0) is 43.4 Å². The molecule has 0 aliphatic heterocycles. The molecule has 1 aromatic carbocycles. The standard InChI is InChI=1S/C17H27N3O/c1-2-10-20(13-14-7-8-14)11-9-17(21)19-16-6-4-3-5-15(16)12-18/h3-6,14H,2,7-13,18H2,1H3,(H,19,21). The Kier molecular flexibility index (Phi) is 6.21. The van der Waals surface area contributed by atoms with Gasteiger partial charge in [0.25, 0.3) is 0 Å². The first-order valence-electron chi connectivity index (χ1n) is 8.03. The second kappa shape index (κ2) is 8.15. The molecule has 0 aromatic heterocycles. The van der Waals surface area contributed by atoms with Gasteiger partial charge in [0.15, 0.2) is 0 Å². The minimum Gasteiger partial charge on any atom is -0.326 e. The molecule has 21 heavy (non-hydrogen) atoms. The Bertz CT molecular complexity index is 457. The number of benzene rings is 1. The zero-order valence-electron chi connectivity index (χ0n) is 13.0. The summed E-state index contributed by atoms with van der Waals surface area (Å²) in [6.07, 6.45) is 4.41. The Labute approximate surface area is 127 Å². The van der Waals surface area contributed by atoms with Gasteiger partial charge in [-0.25, -0.2) is 0 Å². The van der Waals surface area contributed by atoms with Gasteiger partial charge < -0.3 is 16.0 Å². The van der Waals surface area contributed by atoms with E-state index in [1.165, 1.54) is 12.8 Å². The normalized spacial score (nSPS) is 14.4. The van der Waals surface area contributed by atoms with Crippen molar-refractivity contribution in [2.75, 3.05) is 25.0 Å². The average molecular weight is 289 g/mol. The van der Waals surface area contributed by atoms with Crippen LogP contribution in [0, 0.1) is 5.92 Å². The quantitative estimate of drug-likeness (QED) is 0.734. The van der Waals surface area contributed by atoms with Crippen LogP contribution in [0.4, 0.5) is 5.69 Å². The summed E-state index contributed by atoms with van der Waals surface area (Å²) in [5.74, 6) is 0.949. The highest BCUT2D eigenvalue weighted by Crippen LogP contribution is 2.29. The highest BCUT2D eigenvalue weighted by Gasteiger charge is 2.24. The van der Waals surface area contributed by atoms with E-state index in [2.05, 4.69) is 17.1 Å². The summed E-state index contributed by atoms with van der Waals surface area (Å²) in [6, 6.07) is 7.72. The largest absolute Gasteiger partial charge is 0.326 e. The van der Waals surface area contributed by atoms with Crippen molar-refractivity contribution in [1.82, 2.24) is 4.90 Å². The summed E-state index contributed by atoms with van der Waals surface area (Å²) < 4.78 is 0. The molecule has 0 unspecified atom stereocenters. The van der Waals surface area contributed by atoms with E-state index in [4.69, 9.17) is 5.73 Å². The second-order valence-electron chi connectivity index (χ2n) is 5.90. The van der Waals surface area contributed by atoms with E-state index in [1.807, 2.05) is 24.3 Å². The minimum absolute atomic E-state index is 0.0767. The number of rotatable bonds is 9. The molecule has 0 heterocycles. The Balaban J connectivity index is 1.79. The first kappa shape index (κ1) is 16.0. The molecule has 1 aliphatic rings. The van der Waals surface area contributed by atoms with Crippen molar-refractivity contribution in [1.29, 1.82) is 0 Å². The molecular weight excluding hydrogens is 262 g/mol. The van der Waals surface area contributed by atoms with Crippen LogP contribution in [0.3, 0.4) is 0 Å². The maximum atomic E-state index is 12.1. The van der Waals surface area contributed by atoms with Crippen LogP contribution in [0.2, 0.25) is 0 Å². The van der Waals surface area contributed by atoms with Gasteiger partial charge in [-0.2, -0.15) is 0 Å². The molecule has 3 N–H and O–H groups in total. The summed E-state index contributed by atoms with van der Waals surface area (Å²) in [5.41, 5.74) is 7.51. The summed E-state index contributed by atoms with van der Waals surface area (Å²) in [6.45, 7) is 5.72. The lowest BCUT2D eigenvalue weighted by atomic mass is 10.1. The third-order valence-corrected chi connectivity index (χ3v) is 3.92.